The van der Waals surface area contributed by atoms with Crippen LogP contribution in [0.25, 0.3) is 10.9 Å². The Morgan fingerprint density at radius 3 is 2.79 bits per heavy atom. The molecule has 0 spiro atoms. The third-order valence-corrected chi connectivity index (χ3v) is 2.23. The molecule has 2 nitrogen and oxygen atoms in total. The molecule has 2 aromatic rings. The molecular weight excluding hydrogens is 179 g/mol. The highest BCUT2D eigenvalue weighted by molar-refractivity contribution is 5.83. The van der Waals surface area contributed by atoms with E-state index in [9.17, 15) is 4.39 Å². The molecule has 0 aliphatic heterocycles. The number of halogens is 1. The SMILES string of the molecule is CNc1cc(C)c2ccc(F)cc2n1. The number of hydrogen-bond acceptors (Lipinski definition) is 2. The van der Waals surface area contributed by atoms with Crippen LogP contribution in [0.15, 0.2) is 24.3 Å². The number of aryl methyl sites for hydroxylation is 1. The van der Waals surface area contributed by atoms with E-state index in [1.54, 1.807) is 13.1 Å². The fraction of sp³-hybridized carbons (Fsp3) is 0.182. The Hall–Kier alpha value is -1.64. The second kappa shape index (κ2) is 3.25. The summed E-state index contributed by atoms with van der Waals surface area (Å²) in [6.45, 7) is 1.99. The predicted octanol–water partition coefficient (Wildman–Crippen LogP) is 2.72. The van der Waals surface area contributed by atoms with Crippen molar-refractivity contribution in [3.63, 3.8) is 0 Å². The van der Waals surface area contributed by atoms with Gasteiger partial charge < -0.3 is 5.32 Å². The van der Waals surface area contributed by atoms with Gasteiger partial charge in [-0.05, 0) is 30.7 Å². The van der Waals surface area contributed by atoms with E-state index in [0.29, 0.717) is 5.52 Å². The first kappa shape index (κ1) is 8.94. The molecule has 0 amide bonds. The number of pyridine rings is 1. The van der Waals surface area contributed by atoms with Crippen LogP contribution in [-0.2, 0) is 0 Å². The molecule has 0 aliphatic carbocycles. The number of benzene rings is 1. The summed E-state index contributed by atoms with van der Waals surface area (Å²) in [4.78, 5) is 4.26. The zero-order chi connectivity index (χ0) is 10.1. The first-order valence-electron chi connectivity index (χ1n) is 4.45. The number of anilines is 1. The molecule has 0 aliphatic rings. The number of fused-ring (bicyclic) bond motifs is 1. The number of rotatable bonds is 1. The molecule has 0 fully saturated rings. The second-order valence-corrected chi connectivity index (χ2v) is 3.24. The molecule has 1 aromatic heterocycles. The van der Waals surface area contributed by atoms with E-state index in [0.717, 1.165) is 16.8 Å². The minimum atomic E-state index is -0.252. The molecule has 0 bridgehead atoms. The van der Waals surface area contributed by atoms with E-state index in [1.165, 1.54) is 12.1 Å². The van der Waals surface area contributed by atoms with Gasteiger partial charge in [0.2, 0.25) is 0 Å². The molecule has 1 heterocycles. The quantitative estimate of drug-likeness (QED) is 0.747. The fourth-order valence-corrected chi connectivity index (χ4v) is 1.50. The van der Waals surface area contributed by atoms with Crippen LogP contribution >= 0.6 is 0 Å². The van der Waals surface area contributed by atoms with Crippen LogP contribution in [0, 0.1) is 12.7 Å². The van der Waals surface area contributed by atoms with Gasteiger partial charge in [-0.2, -0.15) is 0 Å². The van der Waals surface area contributed by atoms with Gasteiger partial charge in [0.05, 0.1) is 5.52 Å². The monoisotopic (exact) mass is 190 g/mol. The standard InChI is InChI=1S/C11H11FN2/c1-7-5-11(13-2)14-10-6-8(12)3-4-9(7)10/h3-6H,1-2H3,(H,13,14). The van der Waals surface area contributed by atoms with Crippen molar-refractivity contribution in [2.75, 3.05) is 12.4 Å². The van der Waals surface area contributed by atoms with Crippen LogP contribution < -0.4 is 5.32 Å². The summed E-state index contributed by atoms with van der Waals surface area (Å²) in [5, 5.41) is 3.94. The molecule has 0 unspecified atom stereocenters. The Kier molecular flexibility index (Phi) is 2.08. The van der Waals surface area contributed by atoms with E-state index in [1.807, 2.05) is 13.0 Å². The van der Waals surface area contributed by atoms with Gasteiger partial charge in [-0.1, -0.05) is 0 Å². The van der Waals surface area contributed by atoms with Crippen molar-refractivity contribution in [3.8, 4) is 0 Å². The average Bonchev–Trinajstić information content (AvgIpc) is 2.16. The van der Waals surface area contributed by atoms with Gasteiger partial charge in [-0.3, -0.25) is 0 Å². The molecule has 0 radical (unpaired) electrons. The van der Waals surface area contributed by atoms with Gasteiger partial charge in [-0.25, -0.2) is 9.37 Å². The molecule has 72 valence electrons. The summed E-state index contributed by atoms with van der Waals surface area (Å²) in [5.41, 5.74) is 1.79. The van der Waals surface area contributed by atoms with Crippen molar-refractivity contribution in [1.82, 2.24) is 4.98 Å². The molecule has 0 atom stereocenters. The number of nitrogens with zero attached hydrogens (tertiary/aromatic N) is 1. The zero-order valence-corrected chi connectivity index (χ0v) is 8.13. The lowest BCUT2D eigenvalue weighted by Crippen LogP contribution is -1.94. The lowest BCUT2D eigenvalue weighted by Gasteiger charge is -2.05. The molecule has 0 saturated carbocycles. The predicted molar refractivity (Wildman–Crippen MR) is 56.0 cm³/mol. The van der Waals surface area contributed by atoms with Crippen LogP contribution in [0.5, 0.6) is 0 Å². The van der Waals surface area contributed by atoms with Crippen molar-refractivity contribution >= 4 is 16.7 Å². The van der Waals surface area contributed by atoms with Gasteiger partial charge in [0.15, 0.2) is 0 Å². The highest BCUT2D eigenvalue weighted by atomic mass is 19.1. The molecule has 14 heavy (non-hydrogen) atoms. The van der Waals surface area contributed by atoms with Crippen molar-refractivity contribution in [3.05, 3.63) is 35.6 Å². The normalized spacial score (nSPS) is 10.5. The van der Waals surface area contributed by atoms with E-state index in [4.69, 9.17) is 0 Å². The number of aromatic nitrogens is 1. The summed E-state index contributed by atoms with van der Waals surface area (Å²) in [5.74, 6) is 0.512. The largest absolute Gasteiger partial charge is 0.373 e. The maximum atomic E-state index is 12.9. The fourth-order valence-electron chi connectivity index (χ4n) is 1.50. The number of nitrogens with one attached hydrogen (secondary N) is 1. The first-order valence-corrected chi connectivity index (χ1v) is 4.45. The van der Waals surface area contributed by atoms with Crippen LogP contribution in [0.4, 0.5) is 10.2 Å². The molecule has 3 heteroatoms. The molecule has 2 rings (SSSR count). The third-order valence-electron chi connectivity index (χ3n) is 2.23. The van der Waals surface area contributed by atoms with Crippen molar-refractivity contribution < 1.29 is 4.39 Å². The van der Waals surface area contributed by atoms with E-state index < -0.39 is 0 Å². The highest BCUT2D eigenvalue weighted by Crippen LogP contribution is 2.20. The zero-order valence-electron chi connectivity index (χ0n) is 8.13. The minimum Gasteiger partial charge on any atom is -0.373 e. The smallest absolute Gasteiger partial charge is 0.126 e. The summed E-state index contributed by atoms with van der Waals surface area (Å²) in [6.07, 6.45) is 0. The second-order valence-electron chi connectivity index (χ2n) is 3.24. The van der Waals surface area contributed by atoms with Crippen molar-refractivity contribution in [2.45, 2.75) is 6.92 Å². The van der Waals surface area contributed by atoms with Gasteiger partial charge in [0.1, 0.15) is 11.6 Å². The lowest BCUT2D eigenvalue weighted by molar-refractivity contribution is 0.629. The molecule has 1 N–H and O–H groups in total. The highest BCUT2D eigenvalue weighted by Gasteiger charge is 2.02. The number of hydrogen-bond donors (Lipinski definition) is 1. The van der Waals surface area contributed by atoms with E-state index in [2.05, 4.69) is 10.3 Å². The van der Waals surface area contributed by atoms with Crippen LogP contribution in [0.3, 0.4) is 0 Å². The summed E-state index contributed by atoms with van der Waals surface area (Å²) in [7, 11) is 1.80. The van der Waals surface area contributed by atoms with Crippen molar-refractivity contribution in [2.24, 2.45) is 0 Å². The molecular formula is C11H11FN2. The Balaban J connectivity index is 2.77. The van der Waals surface area contributed by atoms with Crippen LogP contribution in [0.2, 0.25) is 0 Å². The summed E-state index contributed by atoms with van der Waals surface area (Å²) in [6, 6.07) is 6.60. The average molecular weight is 190 g/mol. The summed E-state index contributed by atoms with van der Waals surface area (Å²) >= 11 is 0. The van der Waals surface area contributed by atoms with E-state index in [-0.39, 0.29) is 5.82 Å². The maximum Gasteiger partial charge on any atom is 0.126 e. The lowest BCUT2D eigenvalue weighted by atomic mass is 10.1. The van der Waals surface area contributed by atoms with Crippen LogP contribution in [0.1, 0.15) is 5.56 Å². The Morgan fingerprint density at radius 1 is 1.29 bits per heavy atom. The topological polar surface area (TPSA) is 24.9 Å². The molecule has 0 saturated heterocycles. The molecule has 1 aromatic carbocycles. The first-order chi connectivity index (χ1) is 6.70. The van der Waals surface area contributed by atoms with Gasteiger partial charge >= 0.3 is 0 Å². The van der Waals surface area contributed by atoms with E-state index >= 15 is 0 Å². The van der Waals surface area contributed by atoms with Crippen LogP contribution in [-0.4, -0.2) is 12.0 Å². The Morgan fingerprint density at radius 2 is 2.07 bits per heavy atom. The van der Waals surface area contributed by atoms with Crippen molar-refractivity contribution in [1.29, 1.82) is 0 Å². The van der Waals surface area contributed by atoms with Gasteiger partial charge in [0, 0.05) is 18.5 Å². The van der Waals surface area contributed by atoms with Gasteiger partial charge in [0.25, 0.3) is 0 Å². The third kappa shape index (κ3) is 1.41. The Bertz CT molecular complexity index is 480. The maximum absolute atomic E-state index is 12.9. The van der Waals surface area contributed by atoms with Gasteiger partial charge in [-0.15, -0.1) is 0 Å². The minimum absolute atomic E-state index is 0.252. The summed E-state index contributed by atoms with van der Waals surface area (Å²) < 4.78 is 12.9. The Labute approximate surface area is 81.8 Å².